The average molecular weight is 757 g/mol. The van der Waals surface area contributed by atoms with E-state index in [1.807, 2.05) is 0 Å². The molecule has 0 aromatic heterocycles. The number of rotatable bonds is 4. The molecule has 3 atom stereocenters. The molecular weight excluding hydrogens is 746 g/mol. The Morgan fingerprint density at radius 1 is 1.33 bits per heavy atom. The van der Waals surface area contributed by atoms with Crippen LogP contribution in [0.3, 0.4) is 0 Å². The molecule has 12 heavy (non-hydrogen) atoms. The van der Waals surface area contributed by atoms with Gasteiger partial charge >= 0.3 is 221 Å². The van der Waals surface area contributed by atoms with E-state index in [-0.39, 0.29) is 0 Å². The molecular formula is C5H11O2PRa2Rb2. The quantitative estimate of drug-likeness (QED) is 0.383. The summed E-state index contributed by atoms with van der Waals surface area (Å²) in [5, 5.41) is 0. The molecule has 3 unspecified atom stereocenters. The van der Waals surface area contributed by atoms with Crippen LogP contribution in [0.5, 0.6) is 0 Å². The van der Waals surface area contributed by atoms with E-state index in [1.54, 1.807) is 0 Å². The standard InChI is InChI=1S/C5H9O2P.2Ra.2Rb.2H/c1-5(2)8(4,6)7-3;;;;;;/h3-5H,1-2H3;;;;;;. The Kier molecular flexibility index (Phi) is 15.0. The first kappa shape index (κ1) is 18.7. The Bertz CT molecular complexity index is 174. The summed E-state index contributed by atoms with van der Waals surface area (Å²) in [6.45, 7) is 4.16. The molecule has 0 bridgehead atoms. The maximum absolute atomic E-state index is 12.4. The molecule has 0 aromatic rings. The predicted octanol–water partition coefficient (Wildman–Crippen LogP) is 0.157. The van der Waals surface area contributed by atoms with Crippen LogP contribution in [-0.4, -0.2) is 105 Å². The van der Waals surface area contributed by atoms with Crippen molar-refractivity contribution in [3.63, 3.8) is 0 Å². The van der Waals surface area contributed by atoms with Gasteiger partial charge in [0.05, 0.1) is 0 Å². The Morgan fingerprint density at radius 2 is 1.75 bits per heavy atom. The van der Waals surface area contributed by atoms with Crippen molar-refractivity contribution in [2.75, 3.05) is 0 Å². The van der Waals surface area contributed by atoms with Crippen LogP contribution in [0, 0.1) is 85.6 Å². The molecule has 0 aliphatic rings. The third-order valence-corrected chi connectivity index (χ3v) is 23.8. The Morgan fingerprint density at radius 3 is 1.83 bits per heavy atom. The van der Waals surface area contributed by atoms with Gasteiger partial charge in [0, 0.05) is 0 Å². The first-order valence-corrected chi connectivity index (χ1v) is 21.5. The Balaban J connectivity index is 4.53. The molecule has 0 saturated heterocycles. The zero-order valence-electron chi connectivity index (χ0n) is 9.00. The van der Waals surface area contributed by atoms with E-state index in [2.05, 4.69) is 13.8 Å². The minimum absolute atomic E-state index is 0.305. The molecule has 0 spiro atoms. The van der Waals surface area contributed by atoms with Gasteiger partial charge in [-0.2, -0.15) is 0 Å². The van der Waals surface area contributed by atoms with Gasteiger partial charge in [-0.1, -0.05) is 0 Å². The van der Waals surface area contributed by atoms with Gasteiger partial charge in [0.25, 0.3) is 0 Å². The van der Waals surface area contributed by atoms with Crippen LogP contribution >= 0.6 is 7.37 Å². The van der Waals surface area contributed by atoms with Crippen LogP contribution in [0.4, 0.5) is 0 Å². The first-order chi connectivity index (χ1) is 5.30. The topological polar surface area (TPSA) is 26.3 Å². The van der Waals surface area contributed by atoms with Gasteiger partial charge in [0.2, 0.25) is 0 Å². The minimum atomic E-state index is -2.11. The summed E-state index contributed by atoms with van der Waals surface area (Å²) in [4.78, 5) is 0. The van der Waals surface area contributed by atoms with E-state index < -0.39 is 7.37 Å². The summed E-state index contributed by atoms with van der Waals surface area (Å²) >= 11 is 2.03. The van der Waals surface area contributed by atoms with Gasteiger partial charge in [-0.25, -0.2) is 0 Å². The fraction of sp³-hybridized carbons (Fsp3) is 1.00. The molecule has 0 fully saturated rings. The fourth-order valence-electron chi connectivity index (χ4n) is 1.17. The van der Waals surface area contributed by atoms with Crippen molar-refractivity contribution < 1.29 is 94.7 Å². The van der Waals surface area contributed by atoms with Crippen LogP contribution < -0.4 is 0 Å². The van der Waals surface area contributed by atoms with Crippen molar-refractivity contribution in [2.45, 2.75) is 7.49 Å². The molecule has 0 amide bonds. The summed E-state index contributed by atoms with van der Waals surface area (Å²) in [6, 6.07) is 0. The zero-order chi connectivity index (χ0) is 9.94. The van der Waals surface area contributed by atoms with E-state index in [0.717, 1.165) is 0 Å². The van der Waals surface area contributed by atoms with Crippen molar-refractivity contribution in [3.8, 4) is 0 Å². The van der Waals surface area contributed by atoms with Crippen molar-refractivity contribution in [1.82, 2.24) is 0 Å². The van der Waals surface area contributed by atoms with Gasteiger partial charge < -0.3 is 0 Å². The predicted molar refractivity (Wildman–Crippen MR) is 45.7 cm³/mol. The molecule has 0 N–H and O–H groups in total. The molecule has 0 aromatic carbocycles. The van der Waals surface area contributed by atoms with Crippen molar-refractivity contribution in [2.24, 2.45) is 0 Å². The van der Waals surface area contributed by atoms with E-state index in [0.29, 0.717) is 190 Å². The summed E-state index contributed by atoms with van der Waals surface area (Å²) in [5.41, 5.74) is 0.305. The molecule has 54 valence electrons. The van der Waals surface area contributed by atoms with E-state index >= 15 is 0 Å². The van der Waals surface area contributed by atoms with Crippen molar-refractivity contribution in [1.29, 1.82) is 0 Å². The molecule has 0 saturated carbocycles. The molecule has 0 radical (unpaired) electrons. The van der Waals surface area contributed by atoms with Crippen LogP contribution in [0.1, 0.15) is 13.8 Å². The summed E-state index contributed by atoms with van der Waals surface area (Å²) in [6.07, 6.45) is 0. The van der Waals surface area contributed by atoms with Crippen LogP contribution in [0.15, 0.2) is 0 Å². The normalized spacial score (nSPS) is 21.8. The van der Waals surface area contributed by atoms with E-state index in [4.69, 9.17) is 4.52 Å². The average Bonchev–Trinajstić information content (AvgIpc) is 1.84. The first-order valence-electron chi connectivity index (χ1n) is 4.58. The Hall–Kier alpha value is 6.74. The van der Waals surface area contributed by atoms with Crippen molar-refractivity contribution in [3.05, 3.63) is 0 Å². The summed E-state index contributed by atoms with van der Waals surface area (Å²) in [5.74, 6) is 0. The number of hydrogen-bond donors (Lipinski definition) is 0. The SMILES string of the molecule is CC(C)P(=O)(O[CH]([Rb])[RaH])[CH]([Rb])[RaH]. The summed E-state index contributed by atoms with van der Waals surface area (Å²) < 4.78 is 19.4. The molecule has 2 nitrogen and oxygen atoms in total. The zero-order valence-corrected chi connectivity index (χ0v) is 36.2. The van der Waals surface area contributed by atoms with E-state index in [1.165, 1.54) is 0 Å². The van der Waals surface area contributed by atoms with Gasteiger partial charge in [-0.3, -0.25) is 0 Å². The third-order valence-electron chi connectivity index (χ3n) is 1.82. The second kappa shape index (κ2) is 9.61. The van der Waals surface area contributed by atoms with Crippen LogP contribution in [0.25, 0.3) is 0 Å². The molecule has 0 rings (SSSR count). The maximum atomic E-state index is 12.4. The van der Waals surface area contributed by atoms with Crippen molar-refractivity contribution >= 4 is 118 Å². The van der Waals surface area contributed by atoms with Gasteiger partial charge in [-0.15, -0.1) is 0 Å². The monoisotopic (exact) mass is 756 g/mol. The Labute approximate surface area is 212 Å². The second-order valence-corrected chi connectivity index (χ2v) is 82.7. The fourth-order valence-corrected chi connectivity index (χ4v) is 24.1. The number of hydrogen-bond acceptors (Lipinski definition) is 2. The van der Waals surface area contributed by atoms with Gasteiger partial charge in [0.15, 0.2) is 0 Å². The van der Waals surface area contributed by atoms with Crippen LogP contribution in [-0.2, 0) is 9.09 Å². The molecule has 0 aliphatic carbocycles. The van der Waals surface area contributed by atoms with Gasteiger partial charge in [-0.05, 0) is 0 Å². The van der Waals surface area contributed by atoms with E-state index in [9.17, 15) is 4.57 Å². The van der Waals surface area contributed by atoms with Crippen LogP contribution in [0.2, 0.25) is 0 Å². The molecule has 0 aliphatic heterocycles. The molecule has 0 heterocycles. The molecule has 7 heteroatoms. The van der Waals surface area contributed by atoms with Gasteiger partial charge in [0.1, 0.15) is 0 Å². The summed E-state index contributed by atoms with van der Waals surface area (Å²) in [7, 11) is -2.11. The second-order valence-electron chi connectivity index (χ2n) is 3.99. The third kappa shape index (κ3) is 7.36.